The number of nitrogens with zero attached hydrogens (tertiary/aromatic N) is 2. The molecule has 0 spiro atoms. The Morgan fingerprint density at radius 3 is 1.53 bits per heavy atom. The van der Waals surface area contributed by atoms with Crippen molar-refractivity contribution in [3.8, 4) is 0 Å². The highest BCUT2D eigenvalue weighted by atomic mass is 16.6. The molecule has 32 heavy (non-hydrogen) atoms. The minimum Gasteiger partial charge on any atom is -0.478 e. The number of carboxylic acids is 2. The number of nitrogens with one attached hydrogen (secondary N) is 2. The van der Waals surface area contributed by atoms with Gasteiger partial charge in [-0.05, 0) is 12.1 Å². The minimum absolute atomic E-state index is 0.232. The lowest BCUT2D eigenvalue weighted by Crippen LogP contribution is -2.35. The predicted molar refractivity (Wildman–Crippen MR) is 103 cm³/mol. The third kappa shape index (κ3) is 5.55. The van der Waals surface area contributed by atoms with E-state index in [0.717, 1.165) is 24.3 Å². The molecular formula is C16H14N6O10. The van der Waals surface area contributed by atoms with Crippen molar-refractivity contribution in [2.24, 2.45) is 11.7 Å². The van der Waals surface area contributed by atoms with Gasteiger partial charge in [0.25, 0.3) is 23.2 Å². The van der Waals surface area contributed by atoms with Crippen molar-refractivity contribution in [1.82, 2.24) is 10.9 Å². The molecule has 16 heteroatoms. The molecule has 2 amide bonds. The zero-order valence-electron chi connectivity index (χ0n) is 15.7. The summed E-state index contributed by atoms with van der Waals surface area (Å²) in [5.74, 6) is 4.88. The number of carbonyl (C=O) groups is 4. The zero-order valence-corrected chi connectivity index (χ0v) is 15.7. The van der Waals surface area contributed by atoms with E-state index >= 15 is 0 Å². The maximum Gasteiger partial charge on any atom is 0.343 e. The average Bonchev–Trinajstić information content (AvgIpc) is 2.76. The van der Waals surface area contributed by atoms with Gasteiger partial charge in [0.1, 0.15) is 5.56 Å². The Labute approximate surface area is 176 Å². The Morgan fingerprint density at radius 2 is 1.16 bits per heavy atom. The highest BCUT2D eigenvalue weighted by Gasteiger charge is 2.27. The fourth-order valence-electron chi connectivity index (χ4n) is 2.37. The van der Waals surface area contributed by atoms with Gasteiger partial charge < -0.3 is 10.2 Å². The number of carboxylic acid groups (broad SMARTS) is 2. The first-order chi connectivity index (χ1) is 15.0. The standard InChI is InChI=1S/C8H9N5O4.C8H5NO6/c9-11-7(14)4-2-1-3-5(13(16)17)6(4)8(15)12-10;10-7(11)4-2-1-3-5(9(14)15)6(4)8(12)13/h1-3H,9-10H2,(H,11,14)(H,12,15);1-3H,(H,10,11)(H,12,13). The molecule has 0 aliphatic heterocycles. The number of nitro groups is 2. The van der Waals surface area contributed by atoms with Crippen molar-refractivity contribution in [1.29, 1.82) is 0 Å². The molecule has 0 aliphatic carbocycles. The lowest BCUT2D eigenvalue weighted by Gasteiger charge is -2.07. The molecule has 0 bridgehead atoms. The smallest absolute Gasteiger partial charge is 0.343 e. The molecule has 0 saturated heterocycles. The summed E-state index contributed by atoms with van der Waals surface area (Å²) in [4.78, 5) is 63.5. The van der Waals surface area contributed by atoms with Gasteiger partial charge in [0.2, 0.25) is 0 Å². The van der Waals surface area contributed by atoms with E-state index in [0.29, 0.717) is 0 Å². The van der Waals surface area contributed by atoms with Crippen LogP contribution in [0.1, 0.15) is 41.4 Å². The number of amides is 2. The Balaban J connectivity index is 0.000000323. The summed E-state index contributed by atoms with van der Waals surface area (Å²) in [5, 5.41) is 38.5. The molecule has 16 nitrogen and oxygen atoms in total. The molecule has 2 aromatic carbocycles. The van der Waals surface area contributed by atoms with Gasteiger partial charge in [0.05, 0.1) is 21.0 Å². The van der Waals surface area contributed by atoms with Gasteiger partial charge in [0, 0.05) is 12.1 Å². The second kappa shape index (κ2) is 10.7. The van der Waals surface area contributed by atoms with E-state index in [2.05, 4.69) is 0 Å². The zero-order chi connectivity index (χ0) is 24.6. The minimum atomic E-state index is -1.64. The average molecular weight is 450 g/mol. The fourth-order valence-corrected chi connectivity index (χ4v) is 2.37. The Kier molecular flexibility index (Phi) is 8.39. The van der Waals surface area contributed by atoms with Crippen LogP contribution < -0.4 is 22.5 Å². The third-order valence-corrected chi connectivity index (χ3v) is 3.66. The molecule has 168 valence electrons. The first kappa shape index (κ1) is 25.1. The number of benzene rings is 2. The Bertz CT molecular complexity index is 1080. The van der Waals surface area contributed by atoms with Crippen molar-refractivity contribution in [2.75, 3.05) is 0 Å². The van der Waals surface area contributed by atoms with Crippen molar-refractivity contribution in [2.45, 2.75) is 0 Å². The lowest BCUT2D eigenvalue weighted by molar-refractivity contribution is -0.385. The summed E-state index contributed by atoms with van der Waals surface area (Å²) in [7, 11) is 0. The van der Waals surface area contributed by atoms with Gasteiger partial charge in [-0.25, -0.2) is 21.3 Å². The molecule has 0 fully saturated rings. The van der Waals surface area contributed by atoms with Gasteiger partial charge in [-0.15, -0.1) is 0 Å². The van der Waals surface area contributed by atoms with Crippen LogP contribution in [-0.4, -0.2) is 43.8 Å². The normalized spacial score (nSPS) is 9.56. The van der Waals surface area contributed by atoms with Gasteiger partial charge in [-0.3, -0.25) is 40.7 Å². The molecule has 0 aliphatic rings. The number of hydrogen-bond donors (Lipinski definition) is 6. The summed E-state index contributed by atoms with van der Waals surface area (Å²) in [6, 6.07) is 6.62. The van der Waals surface area contributed by atoms with Crippen molar-refractivity contribution in [3.05, 3.63) is 78.9 Å². The van der Waals surface area contributed by atoms with Gasteiger partial charge >= 0.3 is 11.9 Å². The van der Waals surface area contributed by atoms with Crippen LogP contribution in [0.3, 0.4) is 0 Å². The summed E-state index contributed by atoms with van der Waals surface area (Å²) in [6.45, 7) is 0. The van der Waals surface area contributed by atoms with E-state index in [1.54, 1.807) is 10.9 Å². The largest absolute Gasteiger partial charge is 0.478 e. The SMILES string of the molecule is NNC(=O)c1cccc([N+](=O)[O-])c1C(=O)NN.O=C(O)c1cccc([N+](=O)[O-])c1C(=O)O. The summed E-state index contributed by atoms with van der Waals surface area (Å²) in [5.41, 5.74) is 0.165. The number of hydrazine groups is 2. The highest BCUT2D eigenvalue weighted by Crippen LogP contribution is 2.23. The quantitative estimate of drug-likeness (QED) is 0.144. The second-order valence-electron chi connectivity index (χ2n) is 5.47. The first-order valence-corrected chi connectivity index (χ1v) is 8.01. The van der Waals surface area contributed by atoms with E-state index in [1.165, 1.54) is 12.1 Å². The molecule has 0 heterocycles. The van der Waals surface area contributed by atoms with E-state index in [9.17, 15) is 39.4 Å². The monoisotopic (exact) mass is 450 g/mol. The van der Waals surface area contributed by atoms with E-state index in [4.69, 9.17) is 21.9 Å². The van der Waals surface area contributed by atoms with Crippen molar-refractivity contribution < 1.29 is 39.2 Å². The molecule has 8 N–H and O–H groups in total. The molecule has 0 saturated carbocycles. The third-order valence-electron chi connectivity index (χ3n) is 3.66. The Hall–Kier alpha value is -4.96. The van der Waals surface area contributed by atoms with Crippen LogP contribution in [0.4, 0.5) is 11.4 Å². The number of hydrogen-bond acceptors (Lipinski definition) is 10. The molecule has 0 unspecified atom stereocenters. The van der Waals surface area contributed by atoms with Gasteiger partial charge in [-0.1, -0.05) is 12.1 Å². The number of nitrogen functional groups attached to an aromatic ring is 2. The van der Waals surface area contributed by atoms with E-state index < -0.39 is 61.7 Å². The Morgan fingerprint density at radius 1 is 0.719 bits per heavy atom. The second-order valence-corrected chi connectivity index (χ2v) is 5.47. The molecule has 2 rings (SSSR count). The van der Waals surface area contributed by atoms with Gasteiger partial charge in [0.15, 0.2) is 5.56 Å². The van der Waals surface area contributed by atoms with Crippen LogP contribution in [0.2, 0.25) is 0 Å². The van der Waals surface area contributed by atoms with Crippen molar-refractivity contribution >= 4 is 35.1 Å². The lowest BCUT2D eigenvalue weighted by atomic mass is 10.0. The van der Waals surface area contributed by atoms with Crippen LogP contribution in [0.15, 0.2) is 36.4 Å². The number of rotatable bonds is 6. The van der Waals surface area contributed by atoms with Crippen LogP contribution in [0.5, 0.6) is 0 Å². The summed E-state index contributed by atoms with van der Waals surface area (Å²) < 4.78 is 0. The van der Waals surface area contributed by atoms with Crippen molar-refractivity contribution in [3.63, 3.8) is 0 Å². The molecule has 0 radical (unpaired) electrons. The van der Waals surface area contributed by atoms with Gasteiger partial charge in [-0.2, -0.15) is 0 Å². The number of aromatic carboxylic acids is 2. The number of nitro benzene ring substituents is 2. The number of carbonyl (C=O) groups excluding carboxylic acids is 2. The fraction of sp³-hybridized carbons (Fsp3) is 0. The first-order valence-electron chi connectivity index (χ1n) is 8.01. The molecule has 0 atom stereocenters. The van der Waals surface area contributed by atoms with Crippen LogP contribution in [0, 0.1) is 20.2 Å². The number of nitrogens with two attached hydrogens (primary N) is 2. The molecular weight excluding hydrogens is 436 g/mol. The maximum atomic E-state index is 11.4. The van der Waals surface area contributed by atoms with Crippen LogP contribution in [0.25, 0.3) is 0 Å². The topological polar surface area (TPSA) is 271 Å². The maximum absolute atomic E-state index is 11.4. The van der Waals surface area contributed by atoms with Crippen LogP contribution in [-0.2, 0) is 0 Å². The molecule has 0 aromatic heterocycles. The summed E-state index contributed by atoms with van der Waals surface area (Å²) >= 11 is 0. The molecule has 2 aromatic rings. The highest BCUT2D eigenvalue weighted by molar-refractivity contribution is 6.09. The van der Waals surface area contributed by atoms with E-state index in [-0.39, 0.29) is 5.56 Å². The van der Waals surface area contributed by atoms with Crippen LogP contribution >= 0.6 is 0 Å². The predicted octanol–water partition coefficient (Wildman–Crippen LogP) is -0.207. The van der Waals surface area contributed by atoms with E-state index in [1.807, 2.05) is 0 Å². The summed E-state index contributed by atoms with van der Waals surface area (Å²) in [6.07, 6.45) is 0.